The molecule has 2 rings (SSSR count). The Morgan fingerprint density at radius 1 is 1.50 bits per heavy atom. The highest BCUT2D eigenvalue weighted by atomic mass is 16.6. The first kappa shape index (κ1) is 14.3. The van der Waals surface area contributed by atoms with Gasteiger partial charge in [0.1, 0.15) is 11.6 Å². The number of aryl methyl sites for hydroxylation is 1. The number of carbonyl (C=O) groups is 1. The fourth-order valence-electron chi connectivity index (χ4n) is 1.94. The van der Waals surface area contributed by atoms with Crippen molar-refractivity contribution in [3.63, 3.8) is 0 Å². The van der Waals surface area contributed by atoms with Gasteiger partial charge in [-0.2, -0.15) is 4.68 Å². The highest BCUT2D eigenvalue weighted by Gasteiger charge is 2.37. The van der Waals surface area contributed by atoms with E-state index in [9.17, 15) is 14.9 Å². The quantitative estimate of drug-likeness (QED) is 0.610. The number of amides is 1. The van der Waals surface area contributed by atoms with Gasteiger partial charge in [0.2, 0.25) is 0 Å². The lowest BCUT2D eigenvalue weighted by Crippen LogP contribution is -2.52. The summed E-state index contributed by atoms with van der Waals surface area (Å²) >= 11 is 0. The summed E-state index contributed by atoms with van der Waals surface area (Å²) in [7, 11) is 0. The summed E-state index contributed by atoms with van der Waals surface area (Å²) in [6.45, 7) is 7.97. The number of hydrogen-bond acceptors (Lipinski definition) is 5. The highest BCUT2D eigenvalue weighted by molar-refractivity contribution is 5.69. The van der Waals surface area contributed by atoms with Crippen LogP contribution in [0.5, 0.6) is 0 Å². The molecule has 1 amide bonds. The highest BCUT2D eigenvalue weighted by Crippen LogP contribution is 2.25. The molecule has 20 heavy (non-hydrogen) atoms. The van der Waals surface area contributed by atoms with Crippen molar-refractivity contribution in [2.45, 2.75) is 39.3 Å². The molecule has 1 aliphatic heterocycles. The molecule has 0 aliphatic carbocycles. The molecule has 0 spiro atoms. The summed E-state index contributed by atoms with van der Waals surface area (Å²) in [5, 5.41) is 14.7. The monoisotopic (exact) mass is 282 g/mol. The molecule has 1 aliphatic rings. The van der Waals surface area contributed by atoms with Crippen molar-refractivity contribution >= 4 is 11.9 Å². The van der Waals surface area contributed by atoms with E-state index in [1.54, 1.807) is 22.7 Å². The molecule has 1 fully saturated rings. The third-order valence-corrected chi connectivity index (χ3v) is 2.95. The minimum absolute atomic E-state index is 0.0325. The van der Waals surface area contributed by atoms with Gasteiger partial charge in [0, 0.05) is 0 Å². The molecule has 0 saturated carbocycles. The maximum atomic E-state index is 11.8. The average Bonchev–Trinajstić information content (AvgIpc) is 2.54. The molecule has 0 radical (unpaired) electrons. The van der Waals surface area contributed by atoms with E-state index in [1.165, 1.54) is 0 Å². The Labute approximate surface area is 116 Å². The zero-order valence-corrected chi connectivity index (χ0v) is 12.0. The molecule has 0 atom stereocenters. The van der Waals surface area contributed by atoms with E-state index in [0.717, 1.165) is 0 Å². The molecule has 1 aromatic rings. The fourth-order valence-corrected chi connectivity index (χ4v) is 1.94. The van der Waals surface area contributed by atoms with Gasteiger partial charge in [-0.05, 0) is 32.6 Å². The Kier molecular flexibility index (Phi) is 3.41. The zero-order valence-electron chi connectivity index (χ0n) is 12.0. The van der Waals surface area contributed by atoms with Gasteiger partial charge < -0.3 is 19.8 Å². The molecule has 2 heterocycles. The van der Waals surface area contributed by atoms with Crippen molar-refractivity contribution in [3.8, 4) is 0 Å². The van der Waals surface area contributed by atoms with Gasteiger partial charge in [-0.3, -0.25) is 0 Å². The second-order valence-electron chi connectivity index (χ2n) is 5.91. The summed E-state index contributed by atoms with van der Waals surface area (Å²) in [5.41, 5.74) is -0.00538. The average molecular weight is 282 g/mol. The molecule has 8 nitrogen and oxygen atoms in total. The summed E-state index contributed by atoms with van der Waals surface area (Å²) < 4.78 is 6.79. The number of nitrogens with zero attached hydrogens (tertiary/aromatic N) is 4. The Bertz CT molecular complexity index is 540. The van der Waals surface area contributed by atoms with E-state index in [0.29, 0.717) is 18.7 Å². The molecule has 0 aromatic carbocycles. The van der Waals surface area contributed by atoms with Crippen LogP contribution < -0.4 is 0 Å². The van der Waals surface area contributed by atoms with Crippen LogP contribution in [0.2, 0.25) is 0 Å². The van der Waals surface area contributed by atoms with Crippen LogP contribution in [0.25, 0.3) is 0 Å². The van der Waals surface area contributed by atoms with Crippen LogP contribution in [0.3, 0.4) is 0 Å². The van der Waals surface area contributed by atoms with E-state index < -0.39 is 10.5 Å². The van der Waals surface area contributed by atoms with Gasteiger partial charge in [-0.25, -0.2) is 4.79 Å². The first-order valence-corrected chi connectivity index (χ1v) is 6.35. The smallest absolute Gasteiger partial charge is 0.410 e. The Hall–Kier alpha value is -2.12. The number of ether oxygens (including phenoxy) is 1. The molecule has 1 saturated heterocycles. The van der Waals surface area contributed by atoms with Crippen LogP contribution >= 0.6 is 0 Å². The van der Waals surface area contributed by atoms with Crippen molar-refractivity contribution in [3.05, 3.63) is 21.9 Å². The SMILES string of the molecule is Cc1cn(C2CN(C(=O)OC(C)(C)C)C2)nc1[N+](=O)[O-]. The fraction of sp³-hybridized carbons (Fsp3) is 0.667. The largest absolute Gasteiger partial charge is 0.444 e. The van der Waals surface area contributed by atoms with Gasteiger partial charge in [-0.15, -0.1) is 0 Å². The normalized spacial score (nSPS) is 15.9. The molecule has 0 bridgehead atoms. The maximum absolute atomic E-state index is 11.8. The molecule has 110 valence electrons. The minimum atomic E-state index is -0.525. The summed E-state index contributed by atoms with van der Waals surface area (Å²) in [6.07, 6.45) is 1.27. The van der Waals surface area contributed by atoms with Crippen molar-refractivity contribution in [2.24, 2.45) is 0 Å². The molecule has 1 aromatic heterocycles. The van der Waals surface area contributed by atoms with E-state index >= 15 is 0 Å². The van der Waals surface area contributed by atoms with Gasteiger partial charge in [-0.1, -0.05) is 0 Å². The van der Waals surface area contributed by atoms with Crippen molar-refractivity contribution in [1.29, 1.82) is 0 Å². The lowest BCUT2D eigenvalue weighted by atomic mass is 10.1. The number of rotatable bonds is 2. The van der Waals surface area contributed by atoms with Crippen molar-refractivity contribution in [1.82, 2.24) is 14.7 Å². The number of hydrogen-bond donors (Lipinski definition) is 0. The van der Waals surface area contributed by atoms with E-state index in [2.05, 4.69) is 5.10 Å². The van der Waals surface area contributed by atoms with Crippen LogP contribution in [-0.2, 0) is 4.74 Å². The lowest BCUT2D eigenvalue weighted by molar-refractivity contribution is -0.390. The molecule has 0 unspecified atom stereocenters. The maximum Gasteiger partial charge on any atom is 0.410 e. The number of carbonyl (C=O) groups excluding carboxylic acids is 1. The van der Waals surface area contributed by atoms with Crippen molar-refractivity contribution in [2.75, 3.05) is 13.1 Å². The van der Waals surface area contributed by atoms with Crippen molar-refractivity contribution < 1.29 is 14.5 Å². The first-order chi connectivity index (χ1) is 9.17. The van der Waals surface area contributed by atoms with Gasteiger partial charge >= 0.3 is 11.9 Å². The minimum Gasteiger partial charge on any atom is -0.444 e. The van der Waals surface area contributed by atoms with Crippen LogP contribution in [0.4, 0.5) is 10.6 Å². The number of nitro groups is 1. The third-order valence-electron chi connectivity index (χ3n) is 2.95. The summed E-state index contributed by atoms with van der Waals surface area (Å²) in [5.74, 6) is -0.138. The standard InChI is InChI=1S/C12H18N4O4/c1-8-5-15(13-10(8)16(18)19)9-6-14(7-9)11(17)20-12(2,3)4/h5,9H,6-7H2,1-4H3. The van der Waals surface area contributed by atoms with Crippen LogP contribution in [0.15, 0.2) is 6.20 Å². The van der Waals surface area contributed by atoms with E-state index in [4.69, 9.17) is 4.74 Å². The second-order valence-corrected chi connectivity index (χ2v) is 5.91. The van der Waals surface area contributed by atoms with Gasteiger partial charge in [0.25, 0.3) is 0 Å². The topological polar surface area (TPSA) is 90.5 Å². The van der Waals surface area contributed by atoms with Crippen LogP contribution in [-0.4, -0.2) is 44.4 Å². The number of aromatic nitrogens is 2. The van der Waals surface area contributed by atoms with Gasteiger partial charge in [0.15, 0.2) is 0 Å². The zero-order chi connectivity index (χ0) is 15.1. The Balaban J connectivity index is 1.95. The van der Waals surface area contributed by atoms with Gasteiger partial charge in [0.05, 0.1) is 29.9 Å². The summed E-state index contributed by atoms with van der Waals surface area (Å²) in [4.78, 5) is 23.6. The van der Waals surface area contributed by atoms with E-state index in [-0.39, 0.29) is 18.0 Å². The predicted molar refractivity (Wildman–Crippen MR) is 70.5 cm³/mol. The second kappa shape index (κ2) is 4.77. The first-order valence-electron chi connectivity index (χ1n) is 6.35. The number of likely N-dealkylation sites (tertiary alicyclic amines) is 1. The molecular weight excluding hydrogens is 264 g/mol. The Morgan fingerprint density at radius 2 is 2.10 bits per heavy atom. The predicted octanol–water partition coefficient (Wildman–Crippen LogP) is 1.89. The van der Waals surface area contributed by atoms with Crippen LogP contribution in [0, 0.1) is 17.0 Å². The lowest BCUT2D eigenvalue weighted by Gasteiger charge is -2.38. The van der Waals surface area contributed by atoms with Crippen LogP contribution in [0.1, 0.15) is 32.4 Å². The molecular formula is C12H18N4O4. The molecule has 8 heteroatoms. The summed E-state index contributed by atoms with van der Waals surface area (Å²) in [6, 6.07) is -0.0325. The molecule has 0 N–H and O–H groups in total. The Morgan fingerprint density at radius 3 is 2.55 bits per heavy atom. The third kappa shape index (κ3) is 2.89. The van der Waals surface area contributed by atoms with E-state index in [1.807, 2.05) is 20.8 Å².